The van der Waals surface area contributed by atoms with E-state index in [1.807, 2.05) is 31.2 Å². The van der Waals surface area contributed by atoms with Crippen LogP contribution in [0.1, 0.15) is 25.8 Å². The van der Waals surface area contributed by atoms with Crippen molar-refractivity contribution in [3.8, 4) is 12.1 Å². The summed E-state index contributed by atoms with van der Waals surface area (Å²) in [5, 5.41) is 20.1. The first-order valence-electron chi connectivity index (χ1n) is 7.17. The summed E-state index contributed by atoms with van der Waals surface area (Å²) < 4.78 is 0. The standard InChI is InChI=1S/C19H17N3/c1-14(22-15(2)19(12-20)13-21)7-8-16-9-10-17-5-3-4-6-18(17)11-16/h3-6,9-11H,7-8H2,1-2H3. The number of fused-ring (bicyclic) bond motifs is 1. The van der Waals surface area contributed by atoms with Gasteiger partial charge in [0.1, 0.15) is 12.1 Å². The van der Waals surface area contributed by atoms with Crippen molar-refractivity contribution in [2.45, 2.75) is 26.7 Å². The molecule has 2 rings (SSSR count). The van der Waals surface area contributed by atoms with Crippen LogP contribution in [0.3, 0.4) is 0 Å². The molecular formula is C19H17N3. The third-order valence-corrected chi connectivity index (χ3v) is 3.53. The summed E-state index contributed by atoms with van der Waals surface area (Å²) in [6, 6.07) is 18.5. The number of nitrogens with zero attached hydrogens (tertiary/aromatic N) is 3. The van der Waals surface area contributed by atoms with Crippen LogP contribution in [0.2, 0.25) is 0 Å². The van der Waals surface area contributed by atoms with E-state index >= 15 is 0 Å². The van der Waals surface area contributed by atoms with E-state index in [4.69, 9.17) is 10.5 Å². The number of nitriles is 2. The fraction of sp³-hybridized carbons (Fsp3) is 0.211. The minimum Gasteiger partial charge on any atom is -0.261 e. The maximum Gasteiger partial charge on any atom is 0.150 e. The molecule has 0 N–H and O–H groups in total. The molecule has 0 unspecified atom stereocenters. The monoisotopic (exact) mass is 287 g/mol. The van der Waals surface area contributed by atoms with Gasteiger partial charge in [0.15, 0.2) is 5.57 Å². The second-order valence-corrected chi connectivity index (χ2v) is 5.21. The molecule has 0 radical (unpaired) electrons. The SMILES string of the molecule is CC(CCc1ccc2ccccc2c1)=NC(C)=C(C#N)C#N. The molecule has 0 saturated heterocycles. The van der Waals surface area contributed by atoms with Crippen LogP contribution in [-0.2, 0) is 6.42 Å². The summed E-state index contributed by atoms with van der Waals surface area (Å²) >= 11 is 0. The van der Waals surface area contributed by atoms with Crippen molar-refractivity contribution in [3.05, 3.63) is 59.3 Å². The molecule has 0 saturated carbocycles. The second-order valence-electron chi connectivity index (χ2n) is 5.21. The van der Waals surface area contributed by atoms with Gasteiger partial charge in [-0.15, -0.1) is 0 Å². The summed E-state index contributed by atoms with van der Waals surface area (Å²) in [5.74, 6) is 0. The minimum atomic E-state index is 0.0741. The maximum absolute atomic E-state index is 8.82. The zero-order chi connectivity index (χ0) is 15.9. The van der Waals surface area contributed by atoms with Crippen LogP contribution < -0.4 is 0 Å². The average molecular weight is 287 g/mol. The second kappa shape index (κ2) is 7.20. The van der Waals surface area contributed by atoms with Crippen LogP contribution in [0.5, 0.6) is 0 Å². The highest BCUT2D eigenvalue weighted by Gasteiger charge is 2.01. The van der Waals surface area contributed by atoms with Gasteiger partial charge in [-0.05, 0) is 43.0 Å². The number of rotatable bonds is 4. The zero-order valence-electron chi connectivity index (χ0n) is 12.8. The third-order valence-electron chi connectivity index (χ3n) is 3.53. The highest BCUT2D eigenvalue weighted by Crippen LogP contribution is 2.17. The number of hydrogen-bond acceptors (Lipinski definition) is 3. The maximum atomic E-state index is 8.82. The quantitative estimate of drug-likeness (QED) is 0.611. The average Bonchev–Trinajstić information content (AvgIpc) is 2.54. The summed E-state index contributed by atoms with van der Waals surface area (Å²) in [4.78, 5) is 4.35. The summed E-state index contributed by atoms with van der Waals surface area (Å²) in [5.41, 5.74) is 2.75. The smallest absolute Gasteiger partial charge is 0.150 e. The number of aryl methyl sites for hydroxylation is 1. The lowest BCUT2D eigenvalue weighted by Gasteiger charge is -2.04. The Hall–Kier alpha value is -2.91. The summed E-state index contributed by atoms with van der Waals surface area (Å²) in [6.07, 6.45) is 1.70. The van der Waals surface area contributed by atoms with E-state index in [1.165, 1.54) is 16.3 Å². The molecule has 0 aromatic heterocycles. The van der Waals surface area contributed by atoms with Crippen molar-refractivity contribution in [2.75, 3.05) is 0 Å². The van der Waals surface area contributed by atoms with E-state index in [2.05, 4.69) is 35.3 Å². The van der Waals surface area contributed by atoms with Gasteiger partial charge < -0.3 is 0 Å². The predicted molar refractivity (Wildman–Crippen MR) is 89.3 cm³/mol. The molecule has 0 aliphatic heterocycles. The number of allylic oxidation sites excluding steroid dienone is 2. The van der Waals surface area contributed by atoms with Crippen molar-refractivity contribution in [3.63, 3.8) is 0 Å². The molecule has 0 spiro atoms. The lowest BCUT2D eigenvalue weighted by Crippen LogP contribution is -1.96. The molecule has 0 heterocycles. The highest BCUT2D eigenvalue weighted by molar-refractivity contribution is 5.85. The van der Waals surface area contributed by atoms with Crippen molar-refractivity contribution < 1.29 is 0 Å². The van der Waals surface area contributed by atoms with E-state index in [0.29, 0.717) is 5.70 Å². The Kier molecular flexibility index (Phi) is 5.07. The van der Waals surface area contributed by atoms with Gasteiger partial charge in [0, 0.05) is 5.71 Å². The van der Waals surface area contributed by atoms with E-state index in [-0.39, 0.29) is 5.57 Å². The van der Waals surface area contributed by atoms with Crippen LogP contribution >= 0.6 is 0 Å². The van der Waals surface area contributed by atoms with Crippen LogP contribution in [0.4, 0.5) is 0 Å². The predicted octanol–water partition coefficient (Wildman–Crippen LogP) is 4.55. The van der Waals surface area contributed by atoms with Crippen LogP contribution in [0, 0.1) is 22.7 Å². The van der Waals surface area contributed by atoms with E-state index in [0.717, 1.165) is 18.6 Å². The third kappa shape index (κ3) is 3.81. The van der Waals surface area contributed by atoms with E-state index < -0.39 is 0 Å². The van der Waals surface area contributed by atoms with Crippen molar-refractivity contribution in [1.29, 1.82) is 10.5 Å². The van der Waals surface area contributed by atoms with Crippen LogP contribution in [-0.4, -0.2) is 5.71 Å². The first-order chi connectivity index (χ1) is 10.6. The zero-order valence-corrected chi connectivity index (χ0v) is 12.8. The molecule has 0 amide bonds. The van der Waals surface area contributed by atoms with Crippen molar-refractivity contribution in [2.24, 2.45) is 4.99 Å². The van der Waals surface area contributed by atoms with Gasteiger partial charge in [-0.25, -0.2) is 0 Å². The van der Waals surface area contributed by atoms with Crippen LogP contribution in [0.15, 0.2) is 58.7 Å². The van der Waals surface area contributed by atoms with Gasteiger partial charge in [0.2, 0.25) is 0 Å². The molecule has 3 nitrogen and oxygen atoms in total. The fourth-order valence-electron chi connectivity index (χ4n) is 2.30. The molecule has 0 aliphatic carbocycles. The molecule has 0 fully saturated rings. The Morgan fingerprint density at radius 1 is 1.00 bits per heavy atom. The lowest BCUT2D eigenvalue weighted by molar-refractivity contribution is 1.03. The number of benzene rings is 2. The topological polar surface area (TPSA) is 59.9 Å². The Labute approximate surface area is 130 Å². The van der Waals surface area contributed by atoms with E-state index in [1.54, 1.807) is 6.92 Å². The minimum absolute atomic E-state index is 0.0741. The molecule has 22 heavy (non-hydrogen) atoms. The molecule has 2 aromatic rings. The number of hydrogen-bond donors (Lipinski definition) is 0. The molecule has 3 heteroatoms. The van der Waals surface area contributed by atoms with Crippen molar-refractivity contribution in [1.82, 2.24) is 0 Å². The molecule has 0 bridgehead atoms. The Balaban J connectivity index is 2.10. The normalized spacial score (nSPS) is 10.8. The Bertz CT molecular complexity index is 814. The Morgan fingerprint density at radius 2 is 1.68 bits per heavy atom. The Morgan fingerprint density at radius 3 is 2.36 bits per heavy atom. The van der Waals surface area contributed by atoms with Crippen LogP contribution in [0.25, 0.3) is 10.8 Å². The molecule has 0 aliphatic rings. The van der Waals surface area contributed by atoms with Gasteiger partial charge >= 0.3 is 0 Å². The van der Waals surface area contributed by atoms with Gasteiger partial charge in [-0.1, -0.05) is 42.5 Å². The molecule has 108 valence electrons. The fourth-order valence-corrected chi connectivity index (χ4v) is 2.30. The first-order valence-corrected chi connectivity index (χ1v) is 7.17. The molecule has 0 atom stereocenters. The number of aliphatic imine (C=N–C) groups is 1. The largest absolute Gasteiger partial charge is 0.261 e. The molecule has 2 aromatic carbocycles. The first kappa shape index (κ1) is 15.5. The lowest BCUT2D eigenvalue weighted by atomic mass is 10.0. The van der Waals surface area contributed by atoms with Gasteiger partial charge in [-0.2, -0.15) is 10.5 Å². The summed E-state index contributed by atoms with van der Waals surface area (Å²) in [6.45, 7) is 3.62. The van der Waals surface area contributed by atoms with Gasteiger partial charge in [0.25, 0.3) is 0 Å². The van der Waals surface area contributed by atoms with Crippen molar-refractivity contribution >= 4 is 16.5 Å². The van der Waals surface area contributed by atoms with Gasteiger partial charge in [0.05, 0.1) is 5.70 Å². The highest BCUT2D eigenvalue weighted by atomic mass is 14.7. The van der Waals surface area contributed by atoms with E-state index in [9.17, 15) is 0 Å². The summed E-state index contributed by atoms with van der Waals surface area (Å²) in [7, 11) is 0. The molecular weight excluding hydrogens is 270 g/mol. The van der Waals surface area contributed by atoms with Gasteiger partial charge in [-0.3, -0.25) is 4.99 Å².